The standard InChI is InChI=1S/C23H37NO3Si/c1-17(2)28(18(3)4,19(5)6)26-13-9-7-8-10-20-11-12-22(16-24-20)27-23-14-21(25)15-23/h11-12,16-19,21,23,25H,7,9,13-15H2,1-6H3/t21-,23-. The summed E-state index contributed by atoms with van der Waals surface area (Å²) in [6.07, 6.45) is 4.81. The molecule has 0 unspecified atom stereocenters. The Kier molecular flexibility index (Phi) is 8.54. The van der Waals surface area contributed by atoms with Crippen LogP contribution in [0.3, 0.4) is 0 Å². The van der Waals surface area contributed by atoms with Gasteiger partial charge in [0, 0.05) is 25.9 Å². The van der Waals surface area contributed by atoms with Gasteiger partial charge in [0.2, 0.25) is 0 Å². The smallest absolute Gasteiger partial charge is 0.200 e. The van der Waals surface area contributed by atoms with Crippen LogP contribution in [0.15, 0.2) is 18.3 Å². The van der Waals surface area contributed by atoms with E-state index >= 15 is 0 Å². The molecule has 2 rings (SSSR count). The number of hydrogen-bond acceptors (Lipinski definition) is 4. The van der Waals surface area contributed by atoms with Crippen LogP contribution in [-0.2, 0) is 4.43 Å². The Morgan fingerprint density at radius 1 is 1.11 bits per heavy atom. The van der Waals surface area contributed by atoms with Crippen molar-refractivity contribution < 1.29 is 14.3 Å². The van der Waals surface area contributed by atoms with E-state index in [1.54, 1.807) is 6.20 Å². The molecular weight excluding hydrogens is 366 g/mol. The summed E-state index contributed by atoms with van der Waals surface area (Å²) in [5, 5.41) is 9.30. The zero-order valence-corrected chi connectivity index (χ0v) is 19.4. The first kappa shape index (κ1) is 22.9. The lowest BCUT2D eigenvalue weighted by Gasteiger charge is -2.42. The zero-order chi connectivity index (χ0) is 20.7. The molecule has 0 aromatic carbocycles. The van der Waals surface area contributed by atoms with Gasteiger partial charge in [-0.05, 0) is 41.1 Å². The Balaban J connectivity index is 1.77. The Bertz CT molecular complexity index is 633. The van der Waals surface area contributed by atoms with E-state index in [0.717, 1.165) is 30.9 Å². The van der Waals surface area contributed by atoms with Crippen LogP contribution in [0.1, 0.15) is 72.9 Å². The van der Waals surface area contributed by atoms with Crippen molar-refractivity contribution in [2.24, 2.45) is 0 Å². The van der Waals surface area contributed by atoms with Gasteiger partial charge < -0.3 is 14.3 Å². The lowest BCUT2D eigenvalue weighted by atomic mass is 9.92. The van der Waals surface area contributed by atoms with Crippen molar-refractivity contribution >= 4 is 8.32 Å². The van der Waals surface area contributed by atoms with Crippen LogP contribution in [0.2, 0.25) is 16.6 Å². The number of aliphatic hydroxyl groups is 1. The summed E-state index contributed by atoms with van der Waals surface area (Å²) >= 11 is 0. The van der Waals surface area contributed by atoms with E-state index in [1.807, 2.05) is 12.1 Å². The van der Waals surface area contributed by atoms with Crippen LogP contribution >= 0.6 is 0 Å². The monoisotopic (exact) mass is 403 g/mol. The summed E-state index contributed by atoms with van der Waals surface area (Å²) in [6, 6.07) is 3.79. The predicted octanol–water partition coefficient (Wildman–Crippen LogP) is 5.31. The molecule has 156 valence electrons. The van der Waals surface area contributed by atoms with Gasteiger partial charge in [-0.25, -0.2) is 4.98 Å². The molecule has 0 aliphatic heterocycles. The first-order valence-electron chi connectivity index (χ1n) is 10.7. The molecule has 1 aromatic heterocycles. The van der Waals surface area contributed by atoms with E-state index in [0.29, 0.717) is 29.5 Å². The molecule has 1 aliphatic rings. The summed E-state index contributed by atoms with van der Waals surface area (Å²) in [5.41, 5.74) is 2.61. The minimum Gasteiger partial charge on any atom is -0.489 e. The molecule has 0 bridgehead atoms. The maximum atomic E-state index is 9.30. The number of aliphatic hydroxyl groups excluding tert-OH is 1. The highest BCUT2D eigenvalue weighted by molar-refractivity contribution is 6.77. The molecule has 5 heteroatoms. The molecule has 1 aromatic rings. The second-order valence-electron chi connectivity index (χ2n) is 8.82. The maximum Gasteiger partial charge on any atom is 0.200 e. The summed E-state index contributed by atoms with van der Waals surface area (Å²) in [5.74, 6) is 7.08. The zero-order valence-electron chi connectivity index (χ0n) is 18.4. The number of unbranched alkanes of at least 4 members (excludes halogenated alkanes) is 1. The Morgan fingerprint density at radius 2 is 1.75 bits per heavy atom. The maximum absolute atomic E-state index is 9.30. The van der Waals surface area contributed by atoms with E-state index < -0.39 is 8.32 Å². The van der Waals surface area contributed by atoms with Gasteiger partial charge >= 0.3 is 0 Å². The normalized spacial score (nSPS) is 19.5. The summed E-state index contributed by atoms with van der Waals surface area (Å²) in [4.78, 5) is 4.35. The van der Waals surface area contributed by atoms with Crippen molar-refractivity contribution in [3.63, 3.8) is 0 Å². The van der Waals surface area contributed by atoms with Gasteiger partial charge in [0.15, 0.2) is 8.32 Å². The molecule has 0 spiro atoms. The fourth-order valence-corrected chi connectivity index (χ4v) is 9.91. The average Bonchev–Trinajstić information content (AvgIpc) is 2.60. The number of rotatable bonds is 9. The van der Waals surface area contributed by atoms with Crippen LogP contribution in [-0.4, -0.2) is 37.2 Å². The first-order valence-corrected chi connectivity index (χ1v) is 12.8. The molecule has 1 saturated carbocycles. The highest BCUT2D eigenvalue weighted by Gasteiger charge is 2.44. The molecular formula is C23H37NO3Si. The second-order valence-corrected chi connectivity index (χ2v) is 14.3. The fourth-order valence-electron chi connectivity index (χ4n) is 4.41. The van der Waals surface area contributed by atoms with Gasteiger partial charge in [-0.3, -0.25) is 0 Å². The summed E-state index contributed by atoms with van der Waals surface area (Å²) in [7, 11) is -1.76. The Labute approximate surface area is 172 Å². The first-order chi connectivity index (χ1) is 13.3. The molecule has 1 heterocycles. The highest BCUT2D eigenvalue weighted by Crippen LogP contribution is 2.42. The second kappa shape index (κ2) is 10.4. The van der Waals surface area contributed by atoms with Crippen LogP contribution in [0.25, 0.3) is 0 Å². The lowest BCUT2D eigenvalue weighted by molar-refractivity contribution is -0.0109. The SMILES string of the molecule is CC(C)[Si](OCCCC#Cc1ccc(O[C@H]2C[C@H](O)C2)cn1)(C(C)C)C(C)C. The van der Waals surface area contributed by atoms with Gasteiger partial charge in [-0.15, -0.1) is 0 Å². The number of hydrogen-bond donors (Lipinski definition) is 1. The van der Waals surface area contributed by atoms with Gasteiger partial charge in [0.1, 0.15) is 17.5 Å². The summed E-state index contributed by atoms with van der Waals surface area (Å²) in [6.45, 7) is 14.7. The third-order valence-corrected chi connectivity index (χ3v) is 11.9. The predicted molar refractivity (Wildman–Crippen MR) is 117 cm³/mol. The van der Waals surface area contributed by atoms with E-state index in [-0.39, 0.29) is 12.2 Å². The van der Waals surface area contributed by atoms with Crippen molar-refractivity contribution in [1.29, 1.82) is 0 Å². The van der Waals surface area contributed by atoms with Crippen LogP contribution in [0, 0.1) is 11.8 Å². The number of nitrogens with zero attached hydrogens (tertiary/aromatic N) is 1. The molecule has 0 atom stereocenters. The quantitative estimate of drug-likeness (QED) is 0.345. The van der Waals surface area contributed by atoms with Crippen molar-refractivity contribution in [3.05, 3.63) is 24.0 Å². The fraction of sp³-hybridized carbons (Fsp3) is 0.696. The summed E-state index contributed by atoms with van der Waals surface area (Å²) < 4.78 is 12.3. The molecule has 28 heavy (non-hydrogen) atoms. The highest BCUT2D eigenvalue weighted by atomic mass is 28.4. The Morgan fingerprint density at radius 3 is 2.25 bits per heavy atom. The van der Waals surface area contributed by atoms with E-state index in [1.165, 1.54) is 0 Å². The van der Waals surface area contributed by atoms with Crippen molar-refractivity contribution in [1.82, 2.24) is 4.98 Å². The van der Waals surface area contributed by atoms with E-state index in [2.05, 4.69) is 58.4 Å². The van der Waals surface area contributed by atoms with Crippen molar-refractivity contribution in [3.8, 4) is 17.6 Å². The van der Waals surface area contributed by atoms with Gasteiger partial charge in [0.25, 0.3) is 0 Å². The minimum atomic E-state index is -1.76. The molecule has 0 amide bonds. The molecule has 0 saturated heterocycles. The van der Waals surface area contributed by atoms with E-state index in [9.17, 15) is 5.11 Å². The average molecular weight is 404 g/mol. The topological polar surface area (TPSA) is 51.6 Å². The van der Waals surface area contributed by atoms with E-state index in [4.69, 9.17) is 9.16 Å². The van der Waals surface area contributed by atoms with Gasteiger partial charge in [0.05, 0.1) is 12.3 Å². The molecule has 0 radical (unpaired) electrons. The third kappa shape index (κ3) is 5.82. The molecule has 1 aliphatic carbocycles. The third-order valence-electron chi connectivity index (χ3n) is 5.83. The number of ether oxygens (including phenoxy) is 1. The van der Waals surface area contributed by atoms with Gasteiger partial charge in [-0.2, -0.15) is 0 Å². The van der Waals surface area contributed by atoms with Crippen molar-refractivity contribution in [2.75, 3.05) is 6.61 Å². The molecule has 1 fully saturated rings. The Hall–Kier alpha value is -1.35. The number of pyridine rings is 1. The van der Waals surface area contributed by atoms with Gasteiger partial charge in [-0.1, -0.05) is 47.5 Å². The molecule has 4 nitrogen and oxygen atoms in total. The lowest BCUT2D eigenvalue weighted by Crippen LogP contribution is -2.47. The van der Waals surface area contributed by atoms with Crippen molar-refractivity contribution in [2.45, 2.75) is 96.1 Å². The largest absolute Gasteiger partial charge is 0.489 e. The minimum absolute atomic E-state index is 0.118. The van der Waals surface area contributed by atoms with Crippen LogP contribution < -0.4 is 4.74 Å². The van der Waals surface area contributed by atoms with Crippen LogP contribution in [0.4, 0.5) is 0 Å². The number of aromatic nitrogens is 1. The van der Waals surface area contributed by atoms with Crippen LogP contribution in [0.5, 0.6) is 5.75 Å². The molecule has 1 N–H and O–H groups in total.